The smallest absolute Gasteiger partial charge is 0.262 e. The van der Waals surface area contributed by atoms with E-state index in [-0.39, 0.29) is 12.5 Å². The van der Waals surface area contributed by atoms with Gasteiger partial charge in [0.15, 0.2) is 18.1 Å². The van der Waals surface area contributed by atoms with E-state index in [1.807, 2.05) is 31.2 Å². The predicted molar refractivity (Wildman–Crippen MR) is 107 cm³/mol. The standard InChI is InChI=1S/C19H20ClN5O3/c1-12-3-5-14(6-4-12)24-18(26)10-28-17-8-15(20)13(7-16(17)27-2)9-21-19-22-11-23-25-19/h3-8,11H,9-10H2,1-2H3,(H,24,26)(H2,21,22,23,25). The van der Waals surface area contributed by atoms with Crippen molar-refractivity contribution in [3.05, 3.63) is 58.9 Å². The number of methoxy groups -OCH3 is 1. The van der Waals surface area contributed by atoms with Crippen LogP contribution in [0.2, 0.25) is 5.02 Å². The molecule has 9 heteroatoms. The first kappa shape index (κ1) is 19.5. The highest BCUT2D eigenvalue weighted by Gasteiger charge is 2.13. The minimum Gasteiger partial charge on any atom is -0.493 e. The van der Waals surface area contributed by atoms with Crippen LogP contribution in [0.4, 0.5) is 11.6 Å². The van der Waals surface area contributed by atoms with Crippen molar-refractivity contribution >= 4 is 29.1 Å². The molecule has 1 heterocycles. The van der Waals surface area contributed by atoms with Gasteiger partial charge < -0.3 is 20.1 Å². The van der Waals surface area contributed by atoms with Gasteiger partial charge in [-0.05, 0) is 30.7 Å². The molecule has 0 bridgehead atoms. The fourth-order valence-corrected chi connectivity index (χ4v) is 2.65. The number of aryl methyl sites for hydroxylation is 1. The van der Waals surface area contributed by atoms with E-state index in [1.165, 1.54) is 13.4 Å². The highest BCUT2D eigenvalue weighted by Crippen LogP contribution is 2.33. The number of nitrogens with zero attached hydrogens (tertiary/aromatic N) is 2. The third kappa shape index (κ3) is 5.14. The van der Waals surface area contributed by atoms with Gasteiger partial charge in [0.1, 0.15) is 6.33 Å². The second-order valence-electron chi connectivity index (χ2n) is 5.98. The third-order valence-corrected chi connectivity index (χ3v) is 4.24. The van der Waals surface area contributed by atoms with Gasteiger partial charge in [0, 0.05) is 23.3 Å². The second-order valence-corrected chi connectivity index (χ2v) is 6.39. The van der Waals surface area contributed by atoms with Crippen LogP contribution in [0.3, 0.4) is 0 Å². The Kier molecular flexibility index (Phi) is 6.33. The molecule has 146 valence electrons. The number of nitrogens with one attached hydrogen (secondary N) is 3. The summed E-state index contributed by atoms with van der Waals surface area (Å²) in [5.74, 6) is 1.11. The first-order valence-corrected chi connectivity index (χ1v) is 8.88. The number of carbonyl (C=O) groups excluding carboxylic acids is 1. The van der Waals surface area contributed by atoms with E-state index in [0.717, 1.165) is 11.1 Å². The number of hydrogen-bond acceptors (Lipinski definition) is 6. The van der Waals surface area contributed by atoms with Gasteiger partial charge in [-0.15, -0.1) is 0 Å². The van der Waals surface area contributed by atoms with Crippen LogP contribution in [0, 0.1) is 6.92 Å². The fourth-order valence-electron chi connectivity index (χ4n) is 2.43. The summed E-state index contributed by atoms with van der Waals surface area (Å²) in [6.07, 6.45) is 1.41. The number of aromatic amines is 1. The average molecular weight is 402 g/mol. The molecule has 0 saturated heterocycles. The Bertz CT molecular complexity index is 929. The van der Waals surface area contributed by atoms with Gasteiger partial charge in [0.25, 0.3) is 5.91 Å². The summed E-state index contributed by atoms with van der Waals surface area (Å²) in [6.45, 7) is 2.23. The van der Waals surface area contributed by atoms with Crippen LogP contribution in [0.1, 0.15) is 11.1 Å². The summed E-state index contributed by atoms with van der Waals surface area (Å²) in [6, 6.07) is 10.9. The number of ether oxygens (including phenoxy) is 2. The molecule has 0 spiro atoms. The van der Waals surface area contributed by atoms with Crippen molar-refractivity contribution in [2.75, 3.05) is 24.4 Å². The highest BCUT2D eigenvalue weighted by atomic mass is 35.5. The molecule has 0 unspecified atom stereocenters. The Morgan fingerprint density at radius 3 is 2.68 bits per heavy atom. The molecular weight excluding hydrogens is 382 g/mol. The summed E-state index contributed by atoms with van der Waals surface area (Å²) in [5, 5.41) is 12.8. The normalized spacial score (nSPS) is 10.4. The monoisotopic (exact) mass is 401 g/mol. The maximum absolute atomic E-state index is 12.1. The van der Waals surface area contributed by atoms with E-state index in [2.05, 4.69) is 25.8 Å². The van der Waals surface area contributed by atoms with Gasteiger partial charge in [-0.25, -0.2) is 10.1 Å². The minimum atomic E-state index is -0.280. The molecule has 3 aromatic rings. The molecule has 3 N–H and O–H groups in total. The molecule has 0 aliphatic carbocycles. The number of amides is 1. The zero-order chi connectivity index (χ0) is 19.9. The molecule has 0 fully saturated rings. The Balaban J connectivity index is 1.61. The number of hydrogen-bond donors (Lipinski definition) is 3. The van der Waals surface area contributed by atoms with E-state index in [0.29, 0.717) is 34.7 Å². The maximum Gasteiger partial charge on any atom is 0.262 e. The molecule has 28 heavy (non-hydrogen) atoms. The molecule has 0 saturated carbocycles. The van der Waals surface area contributed by atoms with Gasteiger partial charge in [-0.1, -0.05) is 29.3 Å². The summed E-state index contributed by atoms with van der Waals surface area (Å²) < 4.78 is 11.0. The predicted octanol–water partition coefficient (Wildman–Crippen LogP) is 3.40. The zero-order valence-corrected chi connectivity index (χ0v) is 16.2. The van der Waals surface area contributed by atoms with Crippen LogP contribution in [0.5, 0.6) is 11.5 Å². The lowest BCUT2D eigenvalue weighted by Gasteiger charge is -2.14. The lowest BCUT2D eigenvalue weighted by molar-refractivity contribution is -0.118. The SMILES string of the molecule is COc1cc(CNc2ncn[nH]2)c(Cl)cc1OCC(=O)Nc1ccc(C)cc1. The molecular formula is C19H20ClN5O3. The van der Waals surface area contributed by atoms with Crippen LogP contribution < -0.4 is 20.1 Å². The van der Waals surface area contributed by atoms with Crippen molar-refractivity contribution in [2.24, 2.45) is 0 Å². The van der Waals surface area contributed by atoms with Gasteiger partial charge in [0.05, 0.1) is 7.11 Å². The molecule has 0 aliphatic heterocycles. The van der Waals surface area contributed by atoms with E-state index >= 15 is 0 Å². The van der Waals surface area contributed by atoms with Crippen molar-refractivity contribution in [2.45, 2.75) is 13.5 Å². The highest BCUT2D eigenvalue weighted by molar-refractivity contribution is 6.31. The van der Waals surface area contributed by atoms with Crippen LogP contribution in [0.25, 0.3) is 0 Å². The lowest BCUT2D eigenvalue weighted by Crippen LogP contribution is -2.20. The Morgan fingerprint density at radius 2 is 2.00 bits per heavy atom. The number of anilines is 2. The van der Waals surface area contributed by atoms with Crippen molar-refractivity contribution < 1.29 is 14.3 Å². The molecule has 0 atom stereocenters. The maximum atomic E-state index is 12.1. The first-order valence-electron chi connectivity index (χ1n) is 8.50. The molecule has 0 radical (unpaired) electrons. The molecule has 3 rings (SSSR count). The zero-order valence-electron chi connectivity index (χ0n) is 15.5. The van der Waals surface area contributed by atoms with Gasteiger partial charge in [0.2, 0.25) is 5.95 Å². The van der Waals surface area contributed by atoms with E-state index in [4.69, 9.17) is 21.1 Å². The molecule has 8 nitrogen and oxygen atoms in total. The summed E-state index contributed by atoms with van der Waals surface area (Å²) in [5.41, 5.74) is 2.61. The minimum absolute atomic E-state index is 0.170. The molecule has 0 aliphatic rings. The van der Waals surface area contributed by atoms with E-state index in [9.17, 15) is 4.79 Å². The Hall–Kier alpha value is -3.26. The van der Waals surface area contributed by atoms with Crippen LogP contribution in [-0.4, -0.2) is 34.8 Å². The van der Waals surface area contributed by atoms with Gasteiger partial charge in [-0.3, -0.25) is 4.79 Å². The van der Waals surface area contributed by atoms with E-state index < -0.39 is 0 Å². The van der Waals surface area contributed by atoms with Crippen molar-refractivity contribution in [1.82, 2.24) is 15.2 Å². The number of halogens is 1. The largest absolute Gasteiger partial charge is 0.493 e. The van der Waals surface area contributed by atoms with Crippen LogP contribution in [-0.2, 0) is 11.3 Å². The van der Waals surface area contributed by atoms with Crippen molar-refractivity contribution in [3.63, 3.8) is 0 Å². The number of H-pyrrole nitrogens is 1. The van der Waals surface area contributed by atoms with Gasteiger partial charge >= 0.3 is 0 Å². The first-order chi connectivity index (χ1) is 13.5. The fraction of sp³-hybridized carbons (Fsp3) is 0.211. The number of carbonyl (C=O) groups is 1. The van der Waals surface area contributed by atoms with Crippen molar-refractivity contribution in [1.29, 1.82) is 0 Å². The third-order valence-electron chi connectivity index (χ3n) is 3.89. The lowest BCUT2D eigenvalue weighted by atomic mass is 10.2. The quantitative estimate of drug-likeness (QED) is 0.534. The Morgan fingerprint density at radius 1 is 1.21 bits per heavy atom. The Labute approximate surface area is 167 Å². The summed E-state index contributed by atoms with van der Waals surface area (Å²) in [7, 11) is 1.52. The van der Waals surface area contributed by atoms with Crippen LogP contribution >= 0.6 is 11.6 Å². The molecule has 2 aromatic carbocycles. The number of aromatic nitrogens is 3. The molecule has 1 aromatic heterocycles. The topological polar surface area (TPSA) is 101 Å². The average Bonchev–Trinajstić information content (AvgIpc) is 3.21. The second kappa shape index (κ2) is 9.09. The van der Waals surface area contributed by atoms with Gasteiger partial charge in [-0.2, -0.15) is 5.10 Å². The number of benzene rings is 2. The van der Waals surface area contributed by atoms with Crippen LogP contribution in [0.15, 0.2) is 42.7 Å². The number of rotatable bonds is 8. The summed E-state index contributed by atoms with van der Waals surface area (Å²) in [4.78, 5) is 16.1. The molecule has 1 amide bonds. The van der Waals surface area contributed by atoms with Crippen molar-refractivity contribution in [3.8, 4) is 11.5 Å². The summed E-state index contributed by atoms with van der Waals surface area (Å²) >= 11 is 6.34. The van der Waals surface area contributed by atoms with E-state index in [1.54, 1.807) is 12.1 Å².